The summed E-state index contributed by atoms with van der Waals surface area (Å²) in [5.41, 5.74) is 0.599. The smallest absolute Gasteiger partial charge is 0.251 e. The van der Waals surface area contributed by atoms with E-state index in [2.05, 4.69) is 5.32 Å². The highest BCUT2D eigenvalue weighted by Crippen LogP contribution is 2.24. The van der Waals surface area contributed by atoms with Crippen molar-refractivity contribution in [3.8, 4) is 5.75 Å². The molecule has 0 heterocycles. The van der Waals surface area contributed by atoms with E-state index in [0.29, 0.717) is 11.3 Å². The number of nitrogens with one attached hydrogen (secondary N) is 1. The lowest BCUT2D eigenvalue weighted by atomic mass is 9.85. The van der Waals surface area contributed by atoms with Gasteiger partial charge in [0.1, 0.15) is 5.75 Å². The number of amides is 1. The second-order valence-electron chi connectivity index (χ2n) is 5.04. The fraction of sp³-hybridized carbons (Fsp3) is 0.533. The lowest BCUT2D eigenvalue weighted by Crippen LogP contribution is -2.43. The van der Waals surface area contributed by atoms with Crippen LogP contribution in [0.3, 0.4) is 0 Å². The average molecular weight is 263 g/mol. The second-order valence-corrected chi connectivity index (χ2v) is 5.04. The minimum Gasteiger partial charge on any atom is -0.497 e. The molecule has 2 unspecified atom stereocenters. The standard InChI is InChI=1S/C15H21NO3/c1-19-13-7-4-6-11(9-13)15(18)16-14-8-3-2-5-12(14)10-17/h4,6-7,9,12,14,17H,2-3,5,8,10H2,1H3,(H,16,18). The van der Waals surface area contributed by atoms with Crippen molar-refractivity contribution in [3.63, 3.8) is 0 Å². The van der Waals surface area contributed by atoms with Crippen molar-refractivity contribution in [2.24, 2.45) is 5.92 Å². The first-order chi connectivity index (χ1) is 9.24. The van der Waals surface area contributed by atoms with Crippen LogP contribution in [0.4, 0.5) is 0 Å². The van der Waals surface area contributed by atoms with E-state index in [0.717, 1.165) is 25.7 Å². The van der Waals surface area contributed by atoms with Crippen molar-refractivity contribution in [1.29, 1.82) is 0 Å². The van der Waals surface area contributed by atoms with E-state index >= 15 is 0 Å². The minimum atomic E-state index is -0.0933. The fourth-order valence-electron chi connectivity index (χ4n) is 2.63. The van der Waals surface area contributed by atoms with Crippen LogP contribution in [-0.2, 0) is 0 Å². The monoisotopic (exact) mass is 263 g/mol. The van der Waals surface area contributed by atoms with Gasteiger partial charge in [0.25, 0.3) is 5.91 Å². The molecule has 4 heteroatoms. The zero-order valence-electron chi connectivity index (χ0n) is 11.3. The predicted octanol–water partition coefficient (Wildman–Crippen LogP) is 1.98. The van der Waals surface area contributed by atoms with Crippen molar-refractivity contribution < 1.29 is 14.6 Å². The third-order valence-corrected chi connectivity index (χ3v) is 3.79. The lowest BCUT2D eigenvalue weighted by molar-refractivity contribution is 0.0872. The SMILES string of the molecule is COc1cccc(C(=O)NC2CCCCC2CO)c1. The van der Waals surface area contributed by atoms with E-state index in [4.69, 9.17) is 4.74 Å². The Kier molecular flexibility index (Phi) is 4.80. The summed E-state index contributed by atoms with van der Waals surface area (Å²) in [4.78, 5) is 12.2. The van der Waals surface area contributed by atoms with Crippen molar-refractivity contribution in [2.75, 3.05) is 13.7 Å². The largest absolute Gasteiger partial charge is 0.497 e. The summed E-state index contributed by atoms with van der Waals surface area (Å²) in [6.45, 7) is 0.142. The number of hydrogen-bond donors (Lipinski definition) is 2. The Morgan fingerprint density at radius 1 is 1.42 bits per heavy atom. The molecule has 1 aromatic carbocycles. The summed E-state index contributed by atoms with van der Waals surface area (Å²) in [6, 6.07) is 7.20. The molecule has 1 aromatic rings. The van der Waals surface area contributed by atoms with Gasteiger partial charge < -0.3 is 15.2 Å². The zero-order chi connectivity index (χ0) is 13.7. The van der Waals surface area contributed by atoms with Crippen LogP contribution < -0.4 is 10.1 Å². The van der Waals surface area contributed by atoms with Gasteiger partial charge in [-0.3, -0.25) is 4.79 Å². The van der Waals surface area contributed by atoms with Gasteiger partial charge in [0, 0.05) is 24.1 Å². The summed E-state index contributed by atoms with van der Waals surface area (Å²) < 4.78 is 5.12. The van der Waals surface area contributed by atoms with Crippen LogP contribution in [0.2, 0.25) is 0 Å². The van der Waals surface area contributed by atoms with E-state index in [1.807, 2.05) is 6.07 Å². The third kappa shape index (κ3) is 3.47. The van der Waals surface area contributed by atoms with Gasteiger partial charge in [-0.1, -0.05) is 18.9 Å². The molecule has 0 aromatic heterocycles. The van der Waals surface area contributed by atoms with Gasteiger partial charge in [0.15, 0.2) is 0 Å². The van der Waals surface area contributed by atoms with Gasteiger partial charge in [0.2, 0.25) is 0 Å². The summed E-state index contributed by atoms with van der Waals surface area (Å²) in [7, 11) is 1.58. The Labute approximate surface area is 113 Å². The summed E-state index contributed by atoms with van der Waals surface area (Å²) in [5, 5.41) is 12.4. The molecule has 1 saturated carbocycles. The van der Waals surface area contributed by atoms with E-state index < -0.39 is 0 Å². The van der Waals surface area contributed by atoms with Gasteiger partial charge in [-0.25, -0.2) is 0 Å². The highest BCUT2D eigenvalue weighted by atomic mass is 16.5. The maximum atomic E-state index is 12.2. The predicted molar refractivity (Wildman–Crippen MR) is 73.3 cm³/mol. The lowest BCUT2D eigenvalue weighted by Gasteiger charge is -2.30. The highest BCUT2D eigenvalue weighted by molar-refractivity contribution is 5.94. The molecule has 4 nitrogen and oxygen atoms in total. The molecular formula is C15H21NO3. The molecule has 1 amide bonds. The number of hydrogen-bond acceptors (Lipinski definition) is 3. The summed E-state index contributed by atoms with van der Waals surface area (Å²) in [5.74, 6) is 0.766. The molecule has 2 N–H and O–H groups in total. The number of aliphatic hydroxyl groups excluding tert-OH is 1. The van der Waals surface area contributed by atoms with Crippen molar-refractivity contribution in [3.05, 3.63) is 29.8 Å². The van der Waals surface area contributed by atoms with Gasteiger partial charge in [-0.05, 0) is 31.0 Å². The molecule has 104 valence electrons. The number of methoxy groups -OCH3 is 1. The molecule has 2 atom stereocenters. The number of carbonyl (C=O) groups is 1. The van der Waals surface area contributed by atoms with Crippen LogP contribution in [0.1, 0.15) is 36.0 Å². The van der Waals surface area contributed by atoms with Gasteiger partial charge in [-0.15, -0.1) is 0 Å². The second kappa shape index (κ2) is 6.57. The minimum absolute atomic E-state index is 0.0810. The number of benzene rings is 1. The number of aliphatic hydroxyl groups is 1. The molecule has 0 radical (unpaired) electrons. The molecule has 1 aliphatic carbocycles. The molecule has 2 rings (SSSR count). The first-order valence-electron chi connectivity index (χ1n) is 6.80. The van der Waals surface area contributed by atoms with E-state index in [-0.39, 0.29) is 24.5 Å². The van der Waals surface area contributed by atoms with Crippen LogP contribution in [0.25, 0.3) is 0 Å². The number of ether oxygens (including phenoxy) is 1. The molecule has 0 bridgehead atoms. The van der Waals surface area contributed by atoms with E-state index in [1.54, 1.807) is 25.3 Å². The van der Waals surface area contributed by atoms with Crippen LogP contribution in [0.15, 0.2) is 24.3 Å². The molecule has 0 saturated heterocycles. The van der Waals surface area contributed by atoms with Crippen LogP contribution >= 0.6 is 0 Å². The van der Waals surface area contributed by atoms with E-state index in [1.165, 1.54) is 0 Å². The Hall–Kier alpha value is -1.55. The normalized spacial score (nSPS) is 22.8. The number of rotatable bonds is 4. The van der Waals surface area contributed by atoms with Crippen LogP contribution in [-0.4, -0.2) is 30.8 Å². The average Bonchev–Trinajstić information content (AvgIpc) is 2.47. The summed E-state index contributed by atoms with van der Waals surface area (Å²) >= 11 is 0. The summed E-state index contributed by atoms with van der Waals surface area (Å²) in [6.07, 6.45) is 4.18. The molecular weight excluding hydrogens is 242 g/mol. The van der Waals surface area contributed by atoms with Gasteiger partial charge in [-0.2, -0.15) is 0 Å². The maximum absolute atomic E-state index is 12.2. The molecule has 1 aliphatic rings. The molecule has 19 heavy (non-hydrogen) atoms. The van der Waals surface area contributed by atoms with Gasteiger partial charge in [0.05, 0.1) is 7.11 Å². The number of carbonyl (C=O) groups excluding carboxylic acids is 1. The zero-order valence-corrected chi connectivity index (χ0v) is 11.3. The Morgan fingerprint density at radius 2 is 2.21 bits per heavy atom. The fourth-order valence-corrected chi connectivity index (χ4v) is 2.63. The molecule has 0 spiro atoms. The first kappa shape index (κ1) is 13.9. The van der Waals surface area contributed by atoms with Crippen molar-refractivity contribution in [1.82, 2.24) is 5.32 Å². The van der Waals surface area contributed by atoms with E-state index in [9.17, 15) is 9.90 Å². The topological polar surface area (TPSA) is 58.6 Å². The highest BCUT2D eigenvalue weighted by Gasteiger charge is 2.26. The van der Waals surface area contributed by atoms with Crippen molar-refractivity contribution >= 4 is 5.91 Å². The molecule has 0 aliphatic heterocycles. The first-order valence-corrected chi connectivity index (χ1v) is 6.80. The van der Waals surface area contributed by atoms with Gasteiger partial charge >= 0.3 is 0 Å². The Morgan fingerprint density at radius 3 is 2.95 bits per heavy atom. The van der Waals surface area contributed by atoms with Crippen LogP contribution in [0.5, 0.6) is 5.75 Å². The molecule has 1 fully saturated rings. The maximum Gasteiger partial charge on any atom is 0.251 e. The quantitative estimate of drug-likeness (QED) is 0.873. The van der Waals surface area contributed by atoms with Crippen LogP contribution in [0, 0.1) is 5.92 Å². The third-order valence-electron chi connectivity index (χ3n) is 3.79. The van der Waals surface area contributed by atoms with Crippen molar-refractivity contribution in [2.45, 2.75) is 31.7 Å². The Balaban J connectivity index is 2.02. The Bertz CT molecular complexity index is 433.